The lowest BCUT2D eigenvalue weighted by Gasteiger charge is -2.11. The molecule has 2 aromatic carbocycles. The third-order valence-electron chi connectivity index (χ3n) is 3.62. The topological polar surface area (TPSA) is 81.7 Å². The molecule has 1 atom stereocenters. The predicted molar refractivity (Wildman–Crippen MR) is 89.1 cm³/mol. The van der Waals surface area contributed by atoms with Gasteiger partial charge in [-0.15, -0.1) is 0 Å². The molecule has 0 aromatic heterocycles. The molecule has 0 bridgehead atoms. The molecule has 1 heterocycles. The van der Waals surface area contributed by atoms with Crippen LogP contribution in [0.2, 0.25) is 0 Å². The van der Waals surface area contributed by atoms with Gasteiger partial charge in [-0.1, -0.05) is 0 Å². The molecule has 6 nitrogen and oxygen atoms in total. The summed E-state index contributed by atoms with van der Waals surface area (Å²) in [6, 6.07) is 13.1. The van der Waals surface area contributed by atoms with Crippen molar-refractivity contribution in [1.29, 1.82) is 0 Å². The van der Waals surface area contributed by atoms with E-state index in [4.69, 9.17) is 9.47 Å². The summed E-state index contributed by atoms with van der Waals surface area (Å²) >= 11 is 0. The molecule has 1 N–H and O–H groups in total. The van der Waals surface area contributed by atoms with Crippen LogP contribution in [0.25, 0.3) is 0 Å². The normalized spacial score (nSPS) is 17.4. The molecule has 0 amide bonds. The first-order chi connectivity index (χ1) is 11.4. The minimum absolute atomic E-state index is 0.235. The van der Waals surface area contributed by atoms with E-state index >= 15 is 0 Å². The first-order valence-corrected chi connectivity index (χ1v) is 9.32. The fourth-order valence-electron chi connectivity index (χ4n) is 2.34. The number of ether oxygens (including phenoxy) is 2. The van der Waals surface area contributed by atoms with Gasteiger partial charge in [0.05, 0.1) is 11.5 Å². The first-order valence-electron chi connectivity index (χ1n) is 7.43. The van der Waals surface area contributed by atoms with Crippen LogP contribution in [0.15, 0.2) is 53.4 Å². The maximum Gasteiger partial charge on any atom is 0.328 e. The Morgan fingerprint density at radius 2 is 1.62 bits per heavy atom. The van der Waals surface area contributed by atoms with Gasteiger partial charge in [-0.25, -0.2) is 13.2 Å². The number of anilines is 1. The van der Waals surface area contributed by atoms with Gasteiger partial charge in [0.2, 0.25) is 0 Å². The summed E-state index contributed by atoms with van der Waals surface area (Å²) < 4.78 is 33.4. The number of esters is 1. The van der Waals surface area contributed by atoms with Crippen LogP contribution in [-0.4, -0.2) is 33.3 Å². The van der Waals surface area contributed by atoms with Crippen molar-refractivity contribution in [2.45, 2.75) is 17.4 Å². The van der Waals surface area contributed by atoms with Crippen LogP contribution in [0.3, 0.4) is 0 Å². The molecule has 0 radical (unpaired) electrons. The van der Waals surface area contributed by atoms with E-state index in [9.17, 15) is 13.2 Å². The first kappa shape index (κ1) is 16.3. The van der Waals surface area contributed by atoms with Crippen LogP contribution in [0, 0.1) is 0 Å². The van der Waals surface area contributed by atoms with E-state index in [1.807, 2.05) is 12.1 Å². The van der Waals surface area contributed by atoms with Crippen molar-refractivity contribution in [2.75, 3.05) is 18.2 Å². The largest absolute Gasteiger partial charge is 0.464 e. The van der Waals surface area contributed by atoms with E-state index in [1.165, 1.54) is 12.1 Å². The smallest absolute Gasteiger partial charge is 0.328 e. The van der Waals surface area contributed by atoms with Gasteiger partial charge in [-0.05, 0) is 48.5 Å². The number of sulfone groups is 1. The summed E-state index contributed by atoms with van der Waals surface area (Å²) in [7, 11) is -3.22. The third-order valence-corrected chi connectivity index (χ3v) is 4.75. The van der Waals surface area contributed by atoms with Crippen LogP contribution in [-0.2, 0) is 19.4 Å². The second-order valence-electron chi connectivity index (χ2n) is 5.52. The van der Waals surface area contributed by atoms with E-state index in [0.29, 0.717) is 24.5 Å². The number of hydrogen-bond acceptors (Lipinski definition) is 6. The summed E-state index contributed by atoms with van der Waals surface area (Å²) in [6.07, 6.45) is 1.82. The van der Waals surface area contributed by atoms with Gasteiger partial charge in [0, 0.05) is 18.4 Å². The summed E-state index contributed by atoms with van der Waals surface area (Å²) in [5.74, 6) is 0.922. The number of hydrogen-bond donors (Lipinski definition) is 1. The lowest BCUT2D eigenvalue weighted by molar-refractivity contribution is -0.138. The zero-order valence-corrected chi connectivity index (χ0v) is 13.9. The predicted octanol–water partition coefficient (Wildman–Crippen LogP) is 2.61. The molecule has 24 heavy (non-hydrogen) atoms. The molecule has 7 heteroatoms. The second-order valence-corrected chi connectivity index (χ2v) is 7.54. The van der Waals surface area contributed by atoms with Gasteiger partial charge in [-0.3, -0.25) is 0 Å². The monoisotopic (exact) mass is 347 g/mol. The fraction of sp³-hybridized carbons (Fsp3) is 0.235. The van der Waals surface area contributed by atoms with E-state index in [-0.39, 0.29) is 16.9 Å². The number of benzene rings is 2. The van der Waals surface area contributed by atoms with E-state index in [2.05, 4.69) is 5.32 Å². The molecule has 1 aliphatic rings. The van der Waals surface area contributed by atoms with Crippen molar-refractivity contribution in [2.24, 2.45) is 0 Å². The average Bonchev–Trinajstić information content (AvgIpc) is 2.94. The standard InChI is InChI=1S/C17H17NO5S/c1-24(20,21)15-8-6-14(7-9-15)23-13-4-2-12(3-5-13)18-16-10-11-22-17(16)19/h2-9,16,18H,10-11H2,1H3/t16-/m0/s1. The van der Waals surface area contributed by atoms with Crippen molar-refractivity contribution >= 4 is 21.5 Å². The Bertz CT molecular complexity index is 828. The van der Waals surface area contributed by atoms with Crippen LogP contribution >= 0.6 is 0 Å². The molecular formula is C17H17NO5S. The molecule has 126 valence electrons. The molecule has 0 unspecified atom stereocenters. The minimum atomic E-state index is -3.22. The highest BCUT2D eigenvalue weighted by Crippen LogP contribution is 2.25. The highest BCUT2D eigenvalue weighted by molar-refractivity contribution is 7.90. The van der Waals surface area contributed by atoms with Crippen LogP contribution < -0.4 is 10.1 Å². The van der Waals surface area contributed by atoms with Gasteiger partial charge in [0.1, 0.15) is 17.5 Å². The quantitative estimate of drug-likeness (QED) is 0.837. The van der Waals surface area contributed by atoms with Crippen molar-refractivity contribution in [3.8, 4) is 11.5 Å². The van der Waals surface area contributed by atoms with Gasteiger partial charge in [0.25, 0.3) is 0 Å². The summed E-state index contributed by atoms with van der Waals surface area (Å²) in [6.45, 7) is 0.446. The van der Waals surface area contributed by atoms with Crippen molar-refractivity contribution in [3.05, 3.63) is 48.5 Å². The molecule has 2 aromatic rings. The molecular weight excluding hydrogens is 330 g/mol. The maximum atomic E-state index is 11.4. The zero-order chi connectivity index (χ0) is 17.2. The number of carbonyl (C=O) groups is 1. The van der Waals surface area contributed by atoms with Gasteiger partial charge in [0.15, 0.2) is 9.84 Å². The average molecular weight is 347 g/mol. The van der Waals surface area contributed by atoms with Gasteiger partial charge in [-0.2, -0.15) is 0 Å². The molecule has 0 spiro atoms. The Balaban J connectivity index is 1.64. The van der Waals surface area contributed by atoms with Crippen LogP contribution in [0.1, 0.15) is 6.42 Å². The Morgan fingerprint density at radius 1 is 1.04 bits per heavy atom. The van der Waals surface area contributed by atoms with Crippen LogP contribution in [0.5, 0.6) is 11.5 Å². The summed E-state index contributed by atoms with van der Waals surface area (Å²) in [5, 5.41) is 3.11. The Hall–Kier alpha value is -2.54. The molecule has 0 saturated carbocycles. The van der Waals surface area contributed by atoms with Crippen molar-refractivity contribution in [3.63, 3.8) is 0 Å². The van der Waals surface area contributed by atoms with Gasteiger partial charge >= 0.3 is 5.97 Å². The molecule has 3 rings (SSSR count). The highest BCUT2D eigenvalue weighted by atomic mass is 32.2. The molecule has 0 aliphatic carbocycles. The fourth-order valence-corrected chi connectivity index (χ4v) is 2.97. The van der Waals surface area contributed by atoms with Crippen LogP contribution in [0.4, 0.5) is 5.69 Å². The number of rotatable bonds is 5. The summed E-state index contributed by atoms with van der Waals surface area (Å²) in [5.41, 5.74) is 0.804. The number of carbonyl (C=O) groups excluding carboxylic acids is 1. The number of nitrogens with one attached hydrogen (secondary N) is 1. The van der Waals surface area contributed by atoms with E-state index in [0.717, 1.165) is 11.9 Å². The van der Waals surface area contributed by atoms with E-state index < -0.39 is 9.84 Å². The highest BCUT2D eigenvalue weighted by Gasteiger charge is 2.25. The molecule has 1 saturated heterocycles. The minimum Gasteiger partial charge on any atom is -0.464 e. The Kier molecular flexibility index (Phi) is 4.44. The number of cyclic esters (lactones) is 1. The maximum absolute atomic E-state index is 11.4. The van der Waals surface area contributed by atoms with Gasteiger partial charge < -0.3 is 14.8 Å². The lowest BCUT2D eigenvalue weighted by Crippen LogP contribution is -2.24. The SMILES string of the molecule is CS(=O)(=O)c1ccc(Oc2ccc(N[C@H]3CCOC3=O)cc2)cc1. The summed E-state index contributed by atoms with van der Waals surface area (Å²) in [4.78, 5) is 11.7. The zero-order valence-electron chi connectivity index (χ0n) is 13.1. The third kappa shape index (κ3) is 3.86. The lowest BCUT2D eigenvalue weighted by atomic mass is 10.2. The van der Waals surface area contributed by atoms with Crippen molar-refractivity contribution in [1.82, 2.24) is 0 Å². The Morgan fingerprint density at radius 3 is 2.12 bits per heavy atom. The Labute approximate surface area is 140 Å². The second kappa shape index (κ2) is 6.52. The molecule has 1 aliphatic heterocycles. The molecule has 1 fully saturated rings. The van der Waals surface area contributed by atoms with Crippen molar-refractivity contribution < 1.29 is 22.7 Å². The van der Waals surface area contributed by atoms with E-state index in [1.54, 1.807) is 24.3 Å².